The molecule has 0 aliphatic carbocycles. The fourth-order valence-corrected chi connectivity index (χ4v) is 4.65. The maximum absolute atomic E-state index is 13.5. The zero-order valence-corrected chi connectivity index (χ0v) is 22.5. The van der Waals surface area contributed by atoms with Gasteiger partial charge in [0.1, 0.15) is 11.6 Å². The van der Waals surface area contributed by atoms with Gasteiger partial charge in [0.05, 0.1) is 24.4 Å². The van der Waals surface area contributed by atoms with Crippen LogP contribution in [0.5, 0.6) is 11.5 Å². The Bertz CT molecular complexity index is 1570. The summed E-state index contributed by atoms with van der Waals surface area (Å²) in [4.78, 5) is 40.6. The molecule has 2 heterocycles. The molecule has 4 aromatic rings. The van der Waals surface area contributed by atoms with Gasteiger partial charge in [-0.25, -0.2) is 4.39 Å². The average Bonchev–Trinajstić information content (AvgIpc) is 3.00. The Hall–Kier alpha value is -4.99. The maximum Gasteiger partial charge on any atom is 0.310 e. The summed E-state index contributed by atoms with van der Waals surface area (Å²) >= 11 is 0. The van der Waals surface area contributed by atoms with Crippen LogP contribution in [0.4, 0.5) is 15.8 Å². The molecule has 1 saturated heterocycles. The highest BCUT2D eigenvalue weighted by atomic mass is 19.1. The predicted octanol–water partition coefficient (Wildman–Crippen LogP) is 5.32. The van der Waals surface area contributed by atoms with E-state index in [9.17, 15) is 18.8 Å². The largest absolute Gasteiger partial charge is 0.466 e. The standard InChI is InChI=1S/C31H29FN4O5/c1-2-40-31(39)22-7-6-18-35(20-22)29(37)21-10-14-24(15-11-21)34-28-27(41-26-8-4-3-5-9-26)19-33-36(30(28)38)25-16-12-23(32)13-17-25/h3-5,8-17,19,22,34H,2,6-7,18,20H2,1H3/t22-/m0/s1. The zero-order valence-electron chi connectivity index (χ0n) is 22.5. The highest BCUT2D eigenvalue weighted by Gasteiger charge is 2.29. The van der Waals surface area contributed by atoms with Crippen LogP contribution in [-0.2, 0) is 9.53 Å². The number of carbonyl (C=O) groups excluding carboxylic acids is 2. The molecule has 210 valence electrons. The summed E-state index contributed by atoms with van der Waals surface area (Å²) < 4.78 is 25.7. The molecule has 1 N–H and O–H groups in total. The van der Waals surface area contributed by atoms with Gasteiger partial charge in [0.2, 0.25) is 0 Å². The molecule has 41 heavy (non-hydrogen) atoms. The third-order valence-corrected chi connectivity index (χ3v) is 6.72. The van der Waals surface area contributed by atoms with Crippen molar-refractivity contribution in [1.82, 2.24) is 14.7 Å². The van der Waals surface area contributed by atoms with E-state index in [-0.39, 0.29) is 29.2 Å². The first-order chi connectivity index (χ1) is 19.9. The number of nitrogens with zero attached hydrogens (tertiary/aromatic N) is 3. The number of ether oxygens (including phenoxy) is 2. The quantitative estimate of drug-likeness (QED) is 0.293. The summed E-state index contributed by atoms with van der Waals surface area (Å²) in [6.45, 7) is 2.95. The lowest BCUT2D eigenvalue weighted by Gasteiger charge is -2.31. The van der Waals surface area contributed by atoms with E-state index in [1.54, 1.807) is 48.2 Å². The van der Waals surface area contributed by atoms with Gasteiger partial charge in [0.25, 0.3) is 11.5 Å². The number of aromatic nitrogens is 2. The summed E-state index contributed by atoms with van der Waals surface area (Å²) in [5.74, 6) is -0.507. The van der Waals surface area contributed by atoms with Gasteiger partial charge in [-0.1, -0.05) is 18.2 Å². The van der Waals surface area contributed by atoms with E-state index in [4.69, 9.17) is 9.47 Å². The van der Waals surface area contributed by atoms with Crippen LogP contribution in [0, 0.1) is 11.7 Å². The van der Waals surface area contributed by atoms with Crippen molar-refractivity contribution in [3.63, 3.8) is 0 Å². The van der Waals surface area contributed by atoms with Crippen LogP contribution in [0.2, 0.25) is 0 Å². The summed E-state index contributed by atoms with van der Waals surface area (Å²) in [6, 6.07) is 21.1. The number of carbonyl (C=O) groups is 2. The molecule has 10 heteroatoms. The second kappa shape index (κ2) is 12.5. The Morgan fingerprint density at radius 3 is 2.46 bits per heavy atom. The summed E-state index contributed by atoms with van der Waals surface area (Å²) in [5, 5.41) is 7.34. The second-order valence-corrected chi connectivity index (χ2v) is 9.54. The van der Waals surface area contributed by atoms with Crippen LogP contribution >= 0.6 is 0 Å². The maximum atomic E-state index is 13.5. The third kappa shape index (κ3) is 6.43. The molecule has 1 fully saturated rings. The number of rotatable bonds is 8. The SMILES string of the molecule is CCOC(=O)[C@H]1CCCN(C(=O)c2ccc(Nc3c(Oc4ccccc4)cnn(-c4ccc(F)cc4)c3=O)cc2)C1. The van der Waals surface area contributed by atoms with Gasteiger partial charge < -0.3 is 19.7 Å². The van der Waals surface area contributed by atoms with Crippen LogP contribution in [0.1, 0.15) is 30.1 Å². The molecular formula is C31H29FN4O5. The van der Waals surface area contributed by atoms with Crippen LogP contribution in [0.3, 0.4) is 0 Å². The van der Waals surface area contributed by atoms with Crippen LogP contribution in [0.15, 0.2) is 89.9 Å². The monoisotopic (exact) mass is 556 g/mol. The van der Waals surface area contributed by atoms with Gasteiger partial charge in [-0.2, -0.15) is 9.78 Å². The highest BCUT2D eigenvalue weighted by molar-refractivity contribution is 5.95. The zero-order chi connectivity index (χ0) is 28.8. The summed E-state index contributed by atoms with van der Waals surface area (Å²) in [6.07, 6.45) is 2.83. The van der Waals surface area contributed by atoms with Gasteiger partial charge in [0.15, 0.2) is 11.4 Å². The van der Waals surface area contributed by atoms with Crippen molar-refractivity contribution in [3.05, 3.63) is 107 Å². The van der Waals surface area contributed by atoms with E-state index in [1.807, 2.05) is 18.2 Å². The number of likely N-dealkylation sites (tertiary alicyclic amines) is 1. The highest BCUT2D eigenvalue weighted by Crippen LogP contribution is 2.29. The normalized spacial score (nSPS) is 14.8. The van der Waals surface area contributed by atoms with Crippen molar-refractivity contribution >= 4 is 23.3 Å². The van der Waals surface area contributed by atoms with Gasteiger partial charge >= 0.3 is 5.97 Å². The molecule has 1 aliphatic rings. The van der Waals surface area contributed by atoms with Gasteiger partial charge in [-0.3, -0.25) is 14.4 Å². The first-order valence-electron chi connectivity index (χ1n) is 13.4. The number of piperidine rings is 1. The third-order valence-electron chi connectivity index (χ3n) is 6.72. The number of amides is 1. The lowest BCUT2D eigenvalue weighted by atomic mass is 9.97. The molecule has 5 rings (SSSR count). The molecule has 1 aromatic heterocycles. The van der Waals surface area contributed by atoms with Gasteiger partial charge in [-0.05, 0) is 80.4 Å². The Kier molecular flexibility index (Phi) is 8.38. The average molecular weight is 557 g/mol. The van der Waals surface area contributed by atoms with Crippen molar-refractivity contribution in [2.75, 3.05) is 25.0 Å². The minimum absolute atomic E-state index is 0.112. The lowest BCUT2D eigenvalue weighted by molar-refractivity contribution is -0.149. The minimum Gasteiger partial charge on any atom is -0.466 e. The Balaban J connectivity index is 1.39. The number of benzene rings is 3. The van der Waals surface area contributed by atoms with E-state index in [1.165, 1.54) is 30.5 Å². The van der Waals surface area contributed by atoms with Gasteiger partial charge in [-0.15, -0.1) is 0 Å². The molecular weight excluding hydrogens is 527 g/mol. The van der Waals surface area contributed by atoms with Gasteiger partial charge in [0, 0.05) is 24.3 Å². The van der Waals surface area contributed by atoms with Crippen LogP contribution < -0.4 is 15.6 Å². The second-order valence-electron chi connectivity index (χ2n) is 9.54. The topological polar surface area (TPSA) is 103 Å². The number of anilines is 2. The number of hydrogen-bond donors (Lipinski definition) is 1. The number of esters is 1. The van der Waals surface area contributed by atoms with Crippen molar-refractivity contribution in [1.29, 1.82) is 0 Å². The minimum atomic E-state index is -0.511. The number of nitrogens with one attached hydrogen (secondary N) is 1. The predicted molar refractivity (Wildman–Crippen MR) is 151 cm³/mol. The molecule has 0 spiro atoms. The summed E-state index contributed by atoms with van der Waals surface area (Å²) in [5.41, 5.74) is 0.981. The molecule has 0 unspecified atom stereocenters. The molecule has 9 nitrogen and oxygen atoms in total. The smallest absolute Gasteiger partial charge is 0.310 e. The molecule has 1 amide bonds. The number of para-hydroxylation sites is 1. The molecule has 0 bridgehead atoms. The first kappa shape index (κ1) is 27.6. The van der Waals surface area contributed by atoms with E-state index < -0.39 is 11.4 Å². The molecule has 1 atom stereocenters. The van der Waals surface area contributed by atoms with Crippen LogP contribution in [-0.4, -0.2) is 46.3 Å². The van der Waals surface area contributed by atoms with E-state index >= 15 is 0 Å². The molecule has 3 aromatic carbocycles. The first-order valence-corrected chi connectivity index (χ1v) is 13.4. The fourth-order valence-electron chi connectivity index (χ4n) is 4.65. The van der Waals surface area contributed by atoms with E-state index in [0.29, 0.717) is 48.8 Å². The Labute approximate surface area is 236 Å². The van der Waals surface area contributed by atoms with Crippen LogP contribution in [0.25, 0.3) is 5.69 Å². The Morgan fingerprint density at radius 1 is 1.02 bits per heavy atom. The van der Waals surface area contributed by atoms with Crippen molar-refractivity contribution in [3.8, 4) is 17.2 Å². The van der Waals surface area contributed by atoms with E-state index in [0.717, 1.165) is 11.1 Å². The molecule has 0 radical (unpaired) electrons. The van der Waals surface area contributed by atoms with Crippen molar-refractivity contribution in [2.45, 2.75) is 19.8 Å². The molecule has 0 saturated carbocycles. The van der Waals surface area contributed by atoms with Crippen molar-refractivity contribution in [2.24, 2.45) is 5.92 Å². The Morgan fingerprint density at radius 2 is 1.76 bits per heavy atom. The number of halogens is 1. The summed E-state index contributed by atoms with van der Waals surface area (Å²) in [7, 11) is 0. The number of hydrogen-bond acceptors (Lipinski definition) is 7. The lowest BCUT2D eigenvalue weighted by Crippen LogP contribution is -2.42. The fraction of sp³-hybridized carbons (Fsp3) is 0.226. The van der Waals surface area contributed by atoms with Crippen molar-refractivity contribution < 1.29 is 23.5 Å². The van der Waals surface area contributed by atoms with E-state index in [2.05, 4.69) is 10.4 Å². The molecule has 1 aliphatic heterocycles.